The zero-order valence-electron chi connectivity index (χ0n) is 11.2. The largest absolute Gasteiger partial charge is 0.398 e. The number of hydrogen-bond acceptors (Lipinski definition) is 4. The molecular formula is C16H18N2S2. The summed E-state index contributed by atoms with van der Waals surface area (Å²) in [6, 6.07) is 15.9. The molecule has 0 amide bonds. The van der Waals surface area contributed by atoms with Gasteiger partial charge in [-0.1, -0.05) is 36.4 Å². The highest BCUT2D eigenvalue weighted by Gasteiger charge is 1.97. The Morgan fingerprint density at radius 3 is 1.50 bits per heavy atom. The normalized spacial score (nSPS) is 11.0. The van der Waals surface area contributed by atoms with Crippen LogP contribution in [0, 0.1) is 0 Å². The summed E-state index contributed by atoms with van der Waals surface area (Å²) >= 11 is 3.50. The molecule has 0 bridgehead atoms. The van der Waals surface area contributed by atoms with Crippen LogP contribution in [0.5, 0.6) is 0 Å². The number of benzene rings is 2. The molecule has 104 valence electrons. The van der Waals surface area contributed by atoms with E-state index in [4.69, 9.17) is 11.5 Å². The standard InChI is InChI=1S/C16H18N2S2/c17-13-7-1-3-9-15(13)19-11-5-6-12-20-16-10-4-2-8-14(16)18/h1-10H,11-12,17-18H2. The van der Waals surface area contributed by atoms with Gasteiger partial charge in [-0.25, -0.2) is 0 Å². The third-order valence-electron chi connectivity index (χ3n) is 2.67. The highest BCUT2D eigenvalue weighted by molar-refractivity contribution is 8.00. The molecule has 0 aliphatic heterocycles. The summed E-state index contributed by atoms with van der Waals surface area (Å²) in [7, 11) is 0. The van der Waals surface area contributed by atoms with Gasteiger partial charge in [0.1, 0.15) is 0 Å². The molecule has 0 saturated carbocycles. The predicted molar refractivity (Wildman–Crippen MR) is 92.3 cm³/mol. The van der Waals surface area contributed by atoms with Gasteiger partial charge >= 0.3 is 0 Å². The molecule has 4 N–H and O–H groups in total. The Hall–Kier alpha value is -1.52. The molecule has 0 aromatic heterocycles. The number of nitrogens with two attached hydrogens (primary N) is 2. The topological polar surface area (TPSA) is 52.0 Å². The van der Waals surface area contributed by atoms with Gasteiger partial charge in [0.25, 0.3) is 0 Å². The second-order valence-electron chi connectivity index (χ2n) is 4.17. The van der Waals surface area contributed by atoms with Crippen molar-refractivity contribution in [2.75, 3.05) is 23.0 Å². The van der Waals surface area contributed by atoms with Crippen molar-refractivity contribution in [2.45, 2.75) is 9.79 Å². The highest BCUT2D eigenvalue weighted by atomic mass is 32.2. The maximum absolute atomic E-state index is 5.89. The molecule has 0 aliphatic rings. The quantitative estimate of drug-likeness (QED) is 0.475. The Labute approximate surface area is 128 Å². The second-order valence-corrected chi connectivity index (χ2v) is 6.29. The molecule has 0 atom stereocenters. The first-order valence-electron chi connectivity index (χ1n) is 6.37. The Kier molecular flexibility index (Phi) is 5.89. The summed E-state index contributed by atoms with van der Waals surface area (Å²) in [6.45, 7) is 0. The predicted octanol–water partition coefficient (Wildman–Crippen LogP) is 4.29. The summed E-state index contributed by atoms with van der Waals surface area (Å²) in [5.74, 6) is 1.86. The molecule has 4 heteroatoms. The van der Waals surface area contributed by atoms with Crippen molar-refractivity contribution >= 4 is 34.9 Å². The molecule has 2 nitrogen and oxygen atoms in total. The summed E-state index contributed by atoms with van der Waals surface area (Å²) < 4.78 is 0. The Balaban J connectivity index is 1.73. The Morgan fingerprint density at radius 1 is 0.700 bits per heavy atom. The van der Waals surface area contributed by atoms with Crippen molar-refractivity contribution in [3.05, 3.63) is 60.7 Å². The van der Waals surface area contributed by atoms with Crippen LogP contribution in [-0.2, 0) is 0 Å². The minimum absolute atomic E-state index is 0.845. The van der Waals surface area contributed by atoms with E-state index in [1.165, 1.54) is 0 Å². The molecule has 0 spiro atoms. The molecule has 0 unspecified atom stereocenters. The number of thioether (sulfide) groups is 2. The van der Waals surface area contributed by atoms with E-state index < -0.39 is 0 Å². The van der Waals surface area contributed by atoms with Gasteiger partial charge in [0.15, 0.2) is 0 Å². The molecule has 2 rings (SSSR count). The van der Waals surface area contributed by atoms with E-state index in [2.05, 4.69) is 12.2 Å². The molecule has 0 aliphatic carbocycles. The van der Waals surface area contributed by atoms with E-state index in [-0.39, 0.29) is 0 Å². The first kappa shape index (κ1) is 14.9. The first-order valence-corrected chi connectivity index (χ1v) is 8.34. The van der Waals surface area contributed by atoms with Crippen LogP contribution in [0.3, 0.4) is 0 Å². The summed E-state index contributed by atoms with van der Waals surface area (Å²) in [5, 5.41) is 0. The van der Waals surface area contributed by atoms with Crippen molar-refractivity contribution in [1.29, 1.82) is 0 Å². The van der Waals surface area contributed by atoms with E-state index in [1.54, 1.807) is 23.5 Å². The van der Waals surface area contributed by atoms with E-state index in [9.17, 15) is 0 Å². The van der Waals surface area contributed by atoms with Gasteiger partial charge in [-0.15, -0.1) is 23.5 Å². The van der Waals surface area contributed by atoms with Gasteiger partial charge in [0, 0.05) is 32.7 Å². The zero-order valence-corrected chi connectivity index (χ0v) is 12.8. The maximum atomic E-state index is 5.89. The van der Waals surface area contributed by atoms with E-state index >= 15 is 0 Å². The molecule has 0 fully saturated rings. The number of nitrogen functional groups attached to an aromatic ring is 2. The van der Waals surface area contributed by atoms with Gasteiger partial charge in [0.05, 0.1) is 0 Å². The van der Waals surface area contributed by atoms with E-state index in [0.29, 0.717) is 0 Å². The van der Waals surface area contributed by atoms with Crippen LogP contribution in [0.1, 0.15) is 0 Å². The Morgan fingerprint density at radius 2 is 1.10 bits per heavy atom. The van der Waals surface area contributed by atoms with E-state index in [0.717, 1.165) is 32.7 Å². The molecular weight excluding hydrogens is 284 g/mol. The molecule has 0 saturated heterocycles. The molecule has 2 aromatic carbocycles. The zero-order chi connectivity index (χ0) is 14.2. The lowest BCUT2D eigenvalue weighted by Crippen LogP contribution is -1.88. The monoisotopic (exact) mass is 302 g/mol. The van der Waals surface area contributed by atoms with Gasteiger partial charge in [-0.05, 0) is 24.3 Å². The van der Waals surface area contributed by atoms with Crippen molar-refractivity contribution in [1.82, 2.24) is 0 Å². The SMILES string of the molecule is Nc1ccccc1SCC=CCSc1ccccc1N. The summed E-state index contributed by atoms with van der Waals surface area (Å²) in [6.07, 6.45) is 4.34. The average Bonchev–Trinajstić information content (AvgIpc) is 2.46. The lowest BCUT2D eigenvalue weighted by atomic mass is 10.3. The Bertz CT molecular complexity index is 531. The number of rotatable bonds is 6. The van der Waals surface area contributed by atoms with Gasteiger partial charge in [-0.2, -0.15) is 0 Å². The summed E-state index contributed by atoms with van der Waals surface area (Å²) in [4.78, 5) is 2.27. The molecule has 0 heterocycles. The second kappa shape index (κ2) is 7.92. The van der Waals surface area contributed by atoms with Crippen LogP contribution in [0.2, 0.25) is 0 Å². The van der Waals surface area contributed by atoms with Gasteiger partial charge in [-0.3, -0.25) is 0 Å². The smallest absolute Gasteiger partial charge is 0.0452 e. The molecule has 2 aromatic rings. The molecule has 20 heavy (non-hydrogen) atoms. The maximum Gasteiger partial charge on any atom is 0.0452 e. The minimum Gasteiger partial charge on any atom is -0.398 e. The fourth-order valence-corrected chi connectivity index (χ4v) is 3.28. The van der Waals surface area contributed by atoms with Crippen LogP contribution in [0.4, 0.5) is 11.4 Å². The fraction of sp³-hybridized carbons (Fsp3) is 0.125. The summed E-state index contributed by atoms with van der Waals surface area (Å²) in [5.41, 5.74) is 13.5. The van der Waals surface area contributed by atoms with E-state index in [1.807, 2.05) is 48.5 Å². The average molecular weight is 302 g/mol. The van der Waals surface area contributed by atoms with Crippen molar-refractivity contribution in [2.24, 2.45) is 0 Å². The lowest BCUT2D eigenvalue weighted by molar-refractivity contribution is 1.45. The third-order valence-corrected chi connectivity index (χ3v) is 4.76. The van der Waals surface area contributed by atoms with Crippen LogP contribution < -0.4 is 11.5 Å². The first-order chi connectivity index (χ1) is 9.77. The van der Waals surface area contributed by atoms with Crippen molar-refractivity contribution in [3.63, 3.8) is 0 Å². The number of para-hydroxylation sites is 2. The van der Waals surface area contributed by atoms with Crippen molar-refractivity contribution < 1.29 is 0 Å². The van der Waals surface area contributed by atoms with Crippen LogP contribution in [-0.4, -0.2) is 11.5 Å². The van der Waals surface area contributed by atoms with Gasteiger partial charge < -0.3 is 11.5 Å². The van der Waals surface area contributed by atoms with Crippen LogP contribution >= 0.6 is 23.5 Å². The van der Waals surface area contributed by atoms with Gasteiger partial charge in [0.2, 0.25) is 0 Å². The van der Waals surface area contributed by atoms with Crippen LogP contribution in [0.15, 0.2) is 70.5 Å². The number of hydrogen-bond donors (Lipinski definition) is 2. The minimum atomic E-state index is 0.845. The number of anilines is 2. The molecule has 0 radical (unpaired) electrons. The third kappa shape index (κ3) is 4.54. The van der Waals surface area contributed by atoms with Crippen molar-refractivity contribution in [3.8, 4) is 0 Å². The lowest BCUT2D eigenvalue weighted by Gasteiger charge is -2.03. The van der Waals surface area contributed by atoms with Crippen LogP contribution in [0.25, 0.3) is 0 Å². The highest BCUT2D eigenvalue weighted by Crippen LogP contribution is 2.25. The fourth-order valence-electron chi connectivity index (χ4n) is 1.64.